The van der Waals surface area contributed by atoms with Gasteiger partial charge in [-0.25, -0.2) is 0 Å². The molecule has 1 saturated carbocycles. The van der Waals surface area contributed by atoms with E-state index in [1.807, 2.05) is 12.3 Å². The van der Waals surface area contributed by atoms with Crippen LogP contribution in [-0.2, 0) is 0 Å². The maximum atomic E-state index is 5.92. The van der Waals surface area contributed by atoms with Crippen molar-refractivity contribution in [3.05, 3.63) is 24.0 Å². The molecule has 1 fully saturated rings. The van der Waals surface area contributed by atoms with Crippen LogP contribution in [0.25, 0.3) is 0 Å². The summed E-state index contributed by atoms with van der Waals surface area (Å²) in [4.78, 5) is 3.21. The monoisotopic (exact) mass is 150 g/mol. The van der Waals surface area contributed by atoms with E-state index in [0.29, 0.717) is 17.4 Å². The molecule has 11 heavy (non-hydrogen) atoms. The van der Waals surface area contributed by atoms with Gasteiger partial charge in [-0.3, -0.25) is 0 Å². The predicted molar refractivity (Wildman–Crippen MR) is 45.3 cm³/mol. The Labute approximate surface area is 66.8 Å². The maximum absolute atomic E-state index is 5.92. The average Bonchev–Trinajstić information content (AvgIpc) is 2.40. The summed E-state index contributed by atoms with van der Waals surface area (Å²) in [7, 11) is 0. The Bertz CT molecular complexity index is 249. The number of H-pyrrole nitrogens is 1. The van der Waals surface area contributed by atoms with Gasteiger partial charge in [-0.2, -0.15) is 0 Å². The van der Waals surface area contributed by atoms with Crippen LogP contribution in [0.3, 0.4) is 0 Å². The highest BCUT2D eigenvalue weighted by atomic mass is 14.9. The lowest BCUT2D eigenvalue weighted by molar-refractivity contribution is 0.596. The highest BCUT2D eigenvalue weighted by Gasteiger charge is 2.56. The third-order valence-electron chi connectivity index (χ3n) is 2.87. The molecule has 0 aliphatic heterocycles. The fourth-order valence-electron chi connectivity index (χ4n) is 1.81. The maximum Gasteiger partial charge on any atom is 0.0213 e. The molecule has 0 amide bonds. The van der Waals surface area contributed by atoms with E-state index in [1.54, 1.807) is 0 Å². The van der Waals surface area contributed by atoms with Crippen molar-refractivity contribution < 1.29 is 0 Å². The fraction of sp³-hybridized carbons (Fsp3) is 0.556. The molecular weight excluding hydrogens is 136 g/mol. The van der Waals surface area contributed by atoms with E-state index < -0.39 is 0 Å². The number of aromatic amines is 1. The van der Waals surface area contributed by atoms with Gasteiger partial charge in [-0.15, -0.1) is 0 Å². The molecule has 0 saturated heterocycles. The second kappa shape index (κ2) is 1.89. The first kappa shape index (κ1) is 6.92. The normalized spacial score (nSPS) is 33.7. The van der Waals surface area contributed by atoms with Gasteiger partial charge in [0.15, 0.2) is 0 Å². The van der Waals surface area contributed by atoms with E-state index in [1.165, 1.54) is 5.69 Å². The van der Waals surface area contributed by atoms with Crippen LogP contribution in [0.1, 0.15) is 25.5 Å². The summed E-state index contributed by atoms with van der Waals surface area (Å²) in [6.07, 6.45) is 1.95. The topological polar surface area (TPSA) is 41.8 Å². The zero-order chi connectivity index (χ0) is 8.06. The summed E-state index contributed by atoms with van der Waals surface area (Å²) < 4.78 is 0. The van der Waals surface area contributed by atoms with Crippen molar-refractivity contribution >= 4 is 0 Å². The van der Waals surface area contributed by atoms with E-state index in [2.05, 4.69) is 24.9 Å². The van der Waals surface area contributed by atoms with Crippen molar-refractivity contribution in [2.75, 3.05) is 0 Å². The average molecular weight is 150 g/mol. The minimum Gasteiger partial charge on any atom is -0.365 e. The molecule has 0 unspecified atom stereocenters. The first-order chi connectivity index (χ1) is 5.14. The molecule has 60 valence electrons. The Morgan fingerprint density at radius 1 is 1.55 bits per heavy atom. The Morgan fingerprint density at radius 3 is 2.55 bits per heavy atom. The molecule has 1 aliphatic rings. The van der Waals surface area contributed by atoms with Crippen molar-refractivity contribution in [1.29, 1.82) is 0 Å². The molecule has 1 heterocycles. The van der Waals surface area contributed by atoms with Crippen LogP contribution < -0.4 is 5.73 Å². The van der Waals surface area contributed by atoms with Crippen LogP contribution in [0.15, 0.2) is 18.3 Å². The highest BCUT2D eigenvalue weighted by Crippen LogP contribution is 2.56. The third-order valence-corrected chi connectivity index (χ3v) is 2.87. The summed E-state index contributed by atoms with van der Waals surface area (Å²) in [5, 5.41) is 0. The molecule has 3 N–H and O–H groups in total. The number of aromatic nitrogens is 1. The molecule has 0 spiro atoms. The minimum atomic E-state index is 0.296. The van der Waals surface area contributed by atoms with E-state index in [4.69, 9.17) is 5.73 Å². The van der Waals surface area contributed by atoms with Crippen LogP contribution in [-0.4, -0.2) is 11.0 Å². The van der Waals surface area contributed by atoms with Gasteiger partial charge in [-0.05, 0) is 17.5 Å². The molecule has 1 aromatic rings. The summed E-state index contributed by atoms with van der Waals surface area (Å²) >= 11 is 0. The molecular formula is C9H14N2. The minimum absolute atomic E-state index is 0.296. The summed E-state index contributed by atoms with van der Waals surface area (Å²) in [6.45, 7) is 4.42. The summed E-state index contributed by atoms with van der Waals surface area (Å²) in [5.74, 6) is 0.539. The SMILES string of the molecule is CC1(C)[C@H](N)[C@H]1c1ccc[nH]1. The smallest absolute Gasteiger partial charge is 0.0213 e. The molecule has 2 atom stereocenters. The van der Waals surface area contributed by atoms with E-state index in [-0.39, 0.29) is 0 Å². The summed E-state index contributed by atoms with van der Waals surface area (Å²) in [5.41, 5.74) is 7.49. The number of hydrogen-bond acceptors (Lipinski definition) is 1. The number of nitrogens with two attached hydrogens (primary N) is 1. The zero-order valence-corrected chi connectivity index (χ0v) is 6.96. The van der Waals surface area contributed by atoms with Crippen molar-refractivity contribution in [3.63, 3.8) is 0 Å². The lowest BCUT2D eigenvalue weighted by atomic mass is 10.1. The second-order valence-electron chi connectivity index (χ2n) is 3.95. The Morgan fingerprint density at radius 2 is 2.18 bits per heavy atom. The molecule has 2 rings (SSSR count). The van der Waals surface area contributed by atoms with E-state index in [9.17, 15) is 0 Å². The first-order valence-electron chi connectivity index (χ1n) is 4.03. The van der Waals surface area contributed by atoms with E-state index >= 15 is 0 Å². The fourth-order valence-corrected chi connectivity index (χ4v) is 1.81. The molecule has 1 aliphatic carbocycles. The molecule has 0 aromatic carbocycles. The van der Waals surface area contributed by atoms with Crippen LogP contribution in [0, 0.1) is 5.41 Å². The lowest BCUT2D eigenvalue weighted by Crippen LogP contribution is -2.06. The van der Waals surface area contributed by atoms with Crippen molar-refractivity contribution in [1.82, 2.24) is 4.98 Å². The highest BCUT2D eigenvalue weighted by molar-refractivity contribution is 5.28. The number of nitrogens with one attached hydrogen (secondary N) is 1. The third kappa shape index (κ3) is 0.824. The van der Waals surface area contributed by atoms with Crippen molar-refractivity contribution in [2.45, 2.75) is 25.8 Å². The Kier molecular flexibility index (Phi) is 1.19. The largest absolute Gasteiger partial charge is 0.365 e. The van der Waals surface area contributed by atoms with Crippen LogP contribution >= 0.6 is 0 Å². The van der Waals surface area contributed by atoms with Gasteiger partial charge in [0.1, 0.15) is 0 Å². The van der Waals surface area contributed by atoms with E-state index in [0.717, 1.165) is 0 Å². The van der Waals surface area contributed by atoms with Crippen molar-refractivity contribution in [3.8, 4) is 0 Å². The van der Waals surface area contributed by atoms with Gasteiger partial charge >= 0.3 is 0 Å². The van der Waals surface area contributed by atoms with Gasteiger partial charge in [0, 0.05) is 23.9 Å². The molecule has 0 bridgehead atoms. The van der Waals surface area contributed by atoms with Gasteiger partial charge in [0.05, 0.1) is 0 Å². The van der Waals surface area contributed by atoms with Crippen LogP contribution in [0.2, 0.25) is 0 Å². The zero-order valence-electron chi connectivity index (χ0n) is 6.96. The quantitative estimate of drug-likeness (QED) is 0.625. The number of hydrogen-bond donors (Lipinski definition) is 2. The molecule has 2 nitrogen and oxygen atoms in total. The van der Waals surface area contributed by atoms with Gasteiger partial charge in [0.25, 0.3) is 0 Å². The summed E-state index contributed by atoms with van der Waals surface area (Å²) in [6, 6.07) is 4.47. The lowest BCUT2D eigenvalue weighted by Gasteiger charge is -1.98. The Balaban J connectivity index is 2.23. The molecule has 0 radical (unpaired) electrons. The standard InChI is InChI=1S/C9H14N2/c1-9(2)7(8(9)10)6-4-3-5-11-6/h3-5,7-8,11H,10H2,1-2H3/t7-,8-/m1/s1. The van der Waals surface area contributed by atoms with Gasteiger partial charge in [-0.1, -0.05) is 13.8 Å². The van der Waals surface area contributed by atoms with Gasteiger partial charge in [0.2, 0.25) is 0 Å². The Hall–Kier alpha value is -0.760. The molecule has 1 aromatic heterocycles. The first-order valence-corrected chi connectivity index (χ1v) is 4.03. The van der Waals surface area contributed by atoms with Crippen LogP contribution in [0.5, 0.6) is 0 Å². The van der Waals surface area contributed by atoms with Gasteiger partial charge < -0.3 is 10.7 Å². The van der Waals surface area contributed by atoms with Crippen molar-refractivity contribution in [2.24, 2.45) is 11.1 Å². The molecule has 2 heteroatoms. The number of rotatable bonds is 1. The second-order valence-corrected chi connectivity index (χ2v) is 3.95. The predicted octanol–water partition coefficient (Wildman–Crippen LogP) is 1.47. The van der Waals surface area contributed by atoms with Crippen LogP contribution in [0.4, 0.5) is 0 Å².